The minimum absolute atomic E-state index is 0.906. The molecule has 0 unspecified atom stereocenters. The summed E-state index contributed by atoms with van der Waals surface area (Å²) >= 11 is 1.98. The summed E-state index contributed by atoms with van der Waals surface area (Å²) in [5.74, 6) is 1.44. The summed E-state index contributed by atoms with van der Waals surface area (Å²) in [5.41, 5.74) is 2.12. The molecular formula is C14H17NO2S. The molecular weight excluding hydrogens is 246 g/mol. The van der Waals surface area contributed by atoms with Gasteiger partial charge in [-0.2, -0.15) is 11.8 Å². The van der Waals surface area contributed by atoms with E-state index < -0.39 is 5.97 Å². The van der Waals surface area contributed by atoms with Crippen molar-refractivity contribution in [1.29, 1.82) is 0 Å². The van der Waals surface area contributed by atoms with Gasteiger partial charge in [-0.25, -0.2) is 4.79 Å². The molecule has 1 aliphatic rings. The van der Waals surface area contributed by atoms with Crippen molar-refractivity contribution in [2.24, 2.45) is 0 Å². The van der Waals surface area contributed by atoms with Crippen molar-refractivity contribution in [3.8, 4) is 0 Å². The summed E-state index contributed by atoms with van der Waals surface area (Å²) in [6.07, 6.45) is 4.06. The molecule has 1 aliphatic heterocycles. The fourth-order valence-corrected chi connectivity index (χ4v) is 2.95. The number of anilines is 1. The van der Waals surface area contributed by atoms with E-state index in [0.717, 1.165) is 30.1 Å². The maximum Gasteiger partial charge on any atom is 0.328 e. The number of nitrogens with zero attached hydrogens (tertiary/aromatic N) is 1. The minimum Gasteiger partial charge on any atom is -0.478 e. The maximum atomic E-state index is 10.6. The first-order chi connectivity index (χ1) is 8.77. The normalized spacial score (nSPS) is 16.8. The molecule has 0 aliphatic carbocycles. The summed E-state index contributed by atoms with van der Waals surface area (Å²) in [6, 6.07) is 7.98. The number of thioether (sulfide) groups is 1. The Balaban J connectivity index is 2.22. The second-order valence-corrected chi connectivity index (χ2v) is 5.41. The summed E-state index contributed by atoms with van der Waals surface area (Å²) in [7, 11) is 0. The number of carbonyl (C=O) groups is 1. The lowest BCUT2D eigenvalue weighted by Gasteiger charge is -2.24. The number of hydrogen-bond acceptors (Lipinski definition) is 3. The second kappa shape index (κ2) is 6.50. The van der Waals surface area contributed by atoms with Gasteiger partial charge in [-0.3, -0.25) is 0 Å². The van der Waals surface area contributed by atoms with Crippen molar-refractivity contribution in [2.75, 3.05) is 29.5 Å². The lowest BCUT2D eigenvalue weighted by Crippen LogP contribution is -2.26. The average Bonchev–Trinajstić information content (AvgIpc) is 2.65. The number of para-hydroxylation sites is 1. The molecule has 3 nitrogen and oxygen atoms in total. The SMILES string of the molecule is O=C(O)C=Cc1ccccc1N1CCCSCC1. The molecule has 1 aromatic rings. The third-order valence-electron chi connectivity index (χ3n) is 2.91. The number of carboxylic acids is 1. The van der Waals surface area contributed by atoms with Crippen LogP contribution in [-0.4, -0.2) is 35.7 Å². The van der Waals surface area contributed by atoms with Crippen LogP contribution in [0.5, 0.6) is 0 Å². The van der Waals surface area contributed by atoms with Crippen LogP contribution in [0.15, 0.2) is 30.3 Å². The number of carboxylic acid groups (broad SMARTS) is 1. The Morgan fingerprint density at radius 2 is 2.11 bits per heavy atom. The van der Waals surface area contributed by atoms with Gasteiger partial charge >= 0.3 is 5.97 Å². The molecule has 0 saturated carbocycles. The van der Waals surface area contributed by atoms with E-state index in [1.165, 1.54) is 18.2 Å². The third-order valence-corrected chi connectivity index (χ3v) is 3.95. The van der Waals surface area contributed by atoms with Gasteiger partial charge in [0.1, 0.15) is 0 Å². The molecule has 0 amide bonds. The summed E-state index contributed by atoms with van der Waals surface area (Å²) in [5, 5.41) is 8.72. The molecule has 4 heteroatoms. The Labute approximate surface area is 111 Å². The van der Waals surface area contributed by atoms with E-state index in [2.05, 4.69) is 11.0 Å². The molecule has 0 bridgehead atoms. The highest BCUT2D eigenvalue weighted by atomic mass is 32.2. The Kier molecular flexibility index (Phi) is 4.70. The van der Waals surface area contributed by atoms with Gasteiger partial charge in [0.05, 0.1) is 0 Å². The molecule has 96 valence electrons. The molecule has 1 fully saturated rings. The first-order valence-corrected chi connectivity index (χ1v) is 7.25. The number of benzene rings is 1. The molecule has 0 atom stereocenters. The Bertz CT molecular complexity index is 437. The molecule has 1 N–H and O–H groups in total. The van der Waals surface area contributed by atoms with Crippen molar-refractivity contribution in [3.05, 3.63) is 35.9 Å². The van der Waals surface area contributed by atoms with E-state index in [0.29, 0.717) is 0 Å². The fourth-order valence-electron chi connectivity index (χ4n) is 2.06. The van der Waals surface area contributed by atoms with Gasteiger partial charge in [-0.1, -0.05) is 18.2 Å². The predicted octanol–water partition coefficient (Wildman–Crippen LogP) is 2.73. The van der Waals surface area contributed by atoms with E-state index in [1.54, 1.807) is 6.08 Å². The summed E-state index contributed by atoms with van der Waals surface area (Å²) in [4.78, 5) is 13.0. The van der Waals surface area contributed by atoms with Crippen LogP contribution < -0.4 is 4.90 Å². The van der Waals surface area contributed by atoms with E-state index in [1.807, 2.05) is 30.0 Å². The molecule has 0 aromatic heterocycles. The van der Waals surface area contributed by atoms with Gasteiger partial charge < -0.3 is 10.0 Å². The van der Waals surface area contributed by atoms with Crippen LogP contribution in [0.3, 0.4) is 0 Å². The van der Waals surface area contributed by atoms with Crippen LogP contribution >= 0.6 is 11.8 Å². The smallest absolute Gasteiger partial charge is 0.328 e. The Morgan fingerprint density at radius 1 is 1.28 bits per heavy atom. The van der Waals surface area contributed by atoms with E-state index in [4.69, 9.17) is 5.11 Å². The Hall–Kier alpha value is -1.42. The quantitative estimate of drug-likeness (QED) is 0.851. The van der Waals surface area contributed by atoms with Crippen LogP contribution in [0, 0.1) is 0 Å². The van der Waals surface area contributed by atoms with Crippen molar-refractivity contribution in [1.82, 2.24) is 0 Å². The van der Waals surface area contributed by atoms with Crippen LogP contribution in [0.4, 0.5) is 5.69 Å². The van der Waals surface area contributed by atoms with Crippen molar-refractivity contribution >= 4 is 29.5 Å². The van der Waals surface area contributed by atoms with Crippen LogP contribution in [0.25, 0.3) is 6.08 Å². The highest BCUT2D eigenvalue weighted by Gasteiger charge is 2.12. The van der Waals surface area contributed by atoms with Gasteiger partial charge in [0.2, 0.25) is 0 Å². The molecule has 1 heterocycles. The second-order valence-electron chi connectivity index (χ2n) is 4.18. The lowest BCUT2D eigenvalue weighted by atomic mass is 10.1. The number of rotatable bonds is 3. The lowest BCUT2D eigenvalue weighted by molar-refractivity contribution is -0.131. The first kappa shape index (κ1) is 13.0. The summed E-state index contributed by atoms with van der Waals surface area (Å²) in [6.45, 7) is 2.08. The average molecular weight is 263 g/mol. The zero-order valence-corrected chi connectivity index (χ0v) is 11.0. The minimum atomic E-state index is -0.906. The highest BCUT2D eigenvalue weighted by molar-refractivity contribution is 7.99. The van der Waals surface area contributed by atoms with Crippen LogP contribution in [0.2, 0.25) is 0 Å². The molecule has 0 spiro atoms. The summed E-state index contributed by atoms with van der Waals surface area (Å²) < 4.78 is 0. The van der Waals surface area contributed by atoms with Gasteiger partial charge in [0.25, 0.3) is 0 Å². The molecule has 18 heavy (non-hydrogen) atoms. The monoisotopic (exact) mass is 263 g/mol. The first-order valence-electron chi connectivity index (χ1n) is 6.10. The van der Waals surface area contributed by atoms with Gasteiger partial charge in [-0.15, -0.1) is 0 Å². The van der Waals surface area contributed by atoms with Crippen LogP contribution in [0.1, 0.15) is 12.0 Å². The number of aliphatic carboxylic acids is 1. The standard InChI is InChI=1S/C14H17NO2S/c16-14(17)7-6-12-4-1-2-5-13(12)15-8-3-10-18-11-9-15/h1-2,4-7H,3,8-11H2,(H,16,17). The van der Waals surface area contributed by atoms with E-state index in [9.17, 15) is 4.79 Å². The van der Waals surface area contributed by atoms with Gasteiger partial charge in [0, 0.05) is 30.6 Å². The number of hydrogen-bond donors (Lipinski definition) is 1. The maximum absolute atomic E-state index is 10.6. The Morgan fingerprint density at radius 3 is 2.94 bits per heavy atom. The van der Waals surface area contributed by atoms with Gasteiger partial charge in [-0.05, 0) is 29.9 Å². The molecule has 0 radical (unpaired) electrons. The van der Waals surface area contributed by atoms with Crippen molar-refractivity contribution in [3.63, 3.8) is 0 Å². The van der Waals surface area contributed by atoms with Gasteiger partial charge in [0.15, 0.2) is 0 Å². The zero-order chi connectivity index (χ0) is 12.8. The molecule has 2 rings (SSSR count). The topological polar surface area (TPSA) is 40.5 Å². The van der Waals surface area contributed by atoms with E-state index in [-0.39, 0.29) is 0 Å². The zero-order valence-electron chi connectivity index (χ0n) is 10.2. The highest BCUT2D eigenvalue weighted by Crippen LogP contribution is 2.24. The van der Waals surface area contributed by atoms with Crippen LogP contribution in [-0.2, 0) is 4.79 Å². The van der Waals surface area contributed by atoms with Crippen molar-refractivity contribution in [2.45, 2.75) is 6.42 Å². The predicted molar refractivity (Wildman–Crippen MR) is 77.3 cm³/mol. The molecule has 1 aromatic carbocycles. The fraction of sp³-hybridized carbons (Fsp3) is 0.357. The largest absolute Gasteiger partial charge is 0.478 e. The molecule has 1 saturated heterocycles. The van der Waals surface area contributed by atoms with Crippen molar-refractivity contribution < 1.29 is 9.90 Å². The third kappa shape index (κ3) is 3.53. The van der Waals surface area contributed by atoms with E-state index >= 15 is 0 Å².